The summed E-state index contributed by atoms with van der Waals surface area (Å²) in [4.78, 5) is 60.8. The normalized spacial score (nSPS) is 35.6. The quantitative estimate of drug-likeness (QED) is 0.0878. The molecule has 0 aromatic heterocycles. The third kappa shape index (κ3) is 13.7. The van der Waals surface area contributed by atoms with E-state index in [1.54, 1.807) is 21.1 Å². The second-order valence-corrected chi connectivity index (χ2v) is 36.5. The number of cyclic esters (lactones) is 1. The highest BCUT2D eigenvalue weighted by molar-refractivity contribution is 6.81. The van der Waals surface area contributed by atoms with E-state index in [1.165, 1.54) is 4.90 Å². The summed E-state index contributed by atoms with van der Waals surface area (Å²) in [7, 11) is -1.50. The molecule has 14 heteroatoms. The molecule has 2 N–H and O–H groups in total. The largest absolute Gasteiger partial charge is 0.456 e. The second-order valence-electron chi connectivity index (χ2n) is 25.4. The molecule has 4 aliphatic rings. The zero-order valence-corrected chi connectivity index (χ0v) is 49.9. The van der Waals surface area contributed by atoms with Gasteiger partial charge in [0.1, 0.15) is 24.0 Å². The Hall–Kier alpha value is -2.05. The Labute approximate surface area is 432 Å². The maximum absolute atomic E-state index is 15.2. The first-order chi connectivity index (χ1) is 32.9. The molecule has 14 unspecified atom stereocenters. The molecule has 0 radical (unpaired) electrons. The summed E-state index contributed by atoms with van der Waals surface area (Å²) < 4.78 is 32.9. The van der Waals surface area contributed by atoms with Gasteiger partial charge in [-0.1, -0.05) is 121 Å². The summed E-state index contributed by atoms with van der Waals surface area (Å²) in [5.41, 5.74) is 2.73. The number of nitrogens with zero attached hydrogens (tertiary/aromatic N) is 1. The Bertz CT molecular complexity index is 1850. The molecule has 2 bridgehead atoms. The van der Waals surface area contributed by atoms with Crippen LogP contribution in [0.25, 0.3) is 0 Å². The lowest BCUT2D eigenvalue weighted by Gasteiger charge is -2.48. The fourth-order valence-corrected chi connectivity index (χ4v) is 22.1. The Kier molecular flexibility index (Phi) is 21.8. The predicted octanol–water partition coefficient (Wildman–Crippen LogP) is 11.5. The highest BCUT2D eigenvalue weighted by atomic mass is 28.4. The van der Waals surface area contributed by atoms with Crippen molar-refractivity contribution in [3.8, 4) is 0 Å². The van der Waals surface area contributed by atoms with Crippen LogP contribution >= 0.6 is 0 Å². The minimum atomic E-state index is -2.66. The number of fused-ring (bicyclic) bond motifs is 3. The lowest BCUT2D eigenvalue weighted by atomic mass is 9.82. The highest BCUT2D eigenvalue weighted by Crippen LogP contribution is 2.51. The molecule has 71 heavy (non-hydrogen) atoms. The van der Waals surface area contributed by atoms with Gasteiger partial charge in [0.2, 0.25) is 14.1 Å². The molecule has 1 saturated carbocycles. The number of methoxy groups -OCH3 is 2. The van der Waals surface area contributed by atoms with E-state index in [0.29, 0.717) is 38.5 Å². The van der Waals surface area contributed by atoms with E-state index in [1.807, 2.05) is 6.92 Å². The summed E-state index contributed by atoms with van der Waals surface area (Å²) in [6.07, 6.45) is 6.40. The number of esters is 1. The van der Waals surface area contributed by atoms with E-state index in [2.05, 4.69) is 115 Å². The maximum Gasteiger partial charge on any atom is 0.329 e. The predicted molar refractivity (Wildman–Crippen MR) is 288 cm³/mol. The van der Waals surface area contributed by atoms with Gasteiger partial charge in [-0.25, -0.2) is 4.79 Å². The Morgan fingerprint density at radius 3 is 2.03 bits per heavy atom. The number of aliphatic hydroxyl groups is 2. The minimum Gasteiger partial charge on any atom is -0.456 e. The minimum absolute atomic E-state index is 0.0482. The summed E-state index contributed by atoms with van der Waals surface area (Å²) >= 11 is 0. The van der Waals surface area contributed by atoms with Crippen molar-refractivity contribution in [3.63, 3.8) is 0 Å². The highest BCUT2D eigenvalue weighted by Gasteiger charge is 2.57. The first-order valence-electron chi connectivity index (χ1n) is 27.7. The van der Waals surface area contributed by atoms with E-state index in [-0.39, 0.29) is 82.7 Å². The van der Waals surface area contributed by atoms with Gasteiger partial charge in [-0.05, 0) is 123 Å². The van der Waals surface area contributed by atoms with E-state index in [9.17, 15) is 19.8 Å². The molecule has 14 atom stereocenters. The lowest BCUT2D eigenvalue weighted by molar-refractivity contribution is -0.302. The molecule has 3 heterocycles. The van der Waals surface area contributed by atoms with E-state index >= 15 is 9.59 Å². The van der Waals surface area contributed by atoms with Crippen LogP contribution in [-0.4, -0.2) is 124 Å². The van der Waals surface area contributed by atoms with Gasteiger partial charge in [0.25, 0.3) is 11.7 Å². The van der Waals surface area contributed by atoms with Gasteiger partial charge in [0.05, 0.1) is 32.5 Å². The topological polar surface area (TPSA) is 158 Å². The molecule has 4 rings (SSSR count). The lowest BCUT2D eigenvalue weighted by Crippen LogP contribution is -2.64. The molecule has 3 fully saturated rings. The zero-order valence-electron chi connectivity index (χ0n) is 47.9. The van der Waals surface area contributed by atoms with Crippen molar-refractivity contribution in [2.45, 2.75) is 263 Å². The molecule has 0 aromatic rings. The molecule has 0 aromatic carbocycles. The number of ketones is 2. The van der Waals surface area contributed by atoms with Crippen molar-refractivity contribution in [1.29, 1.82) is 0 Å². The number of carbonyl (C=O) groups is 4. The molecular formula is C57H101NO11Si2. The number of rotatable bonds is 11. The van der Waals surface area contributed by atoms with Crippen molar-refractivity contribution in [2.75, 3.05) is 20.8 Å². The third-order valence-electron chi connectivity index (χ3n) is 18.5. The van der Waals surface area contributed by atoms with Crippen molar-refractivity contribution in [1.82, 2.24) is 4.90 Å². The van der Waals surface area contributed by atoms with Gasteiger partial charge in [-0.3, -0.25) is 14.4 Å². The van der Waals surface area contributed by atoms with Crippen LogP contribution in [0.1, 0.15) is 174 Å². The van der Waals surface area contributed by atoms with Crippen molar-refractivity contribution in [2.24, 2.45) is 29.6 Å². The fourth-order valence-electron chi connectivity index (χ4n) is 13.3. The van der Waals surface area contributed by atoms with E-state index in [4.69, 9.17) is 23.4 Å². The second kappa shape index (κ2) is 25.2. The molecule has 0 spiro atoms. The summed E-state index contributed by atoms with van der Waals surface area (Å²) in [6, 6.07) is -1.10. The number of piperidine rings is 1. The van der Waals surface area contributed by atoms with Crippen LogP contribution in [0, 0.1) is 29.6 Å². The monoisotopic (exact) mass is 1030 g/mol. The number of ether oxygens (including phenoxy) is 4. The summed E-state index contributed by atoms with van der Waals surface area (Å²) in [5, 5.41) is 23.9. The number of amides is 1. The van der Waals surface area contributed by atoms with Crippen LogP contribution in [0.5, 0.6) is 0 Å². The average molecular weight is 1030 g/mol. The van der Waals surface area contributed by atoms with Crippen molar-refractivity contribution in [3.05, 3.63) is 23.3 Å². The number of carbonyl (C=O) groups excluding carboxylic acids is 4. The van der Waals surface area contributed by atoms with Crippen LogP contribution in [0.2, 0.25) is 40.3 Å². The molecule has 2 saturated heterocycles. The number of Topliss-reactive ketones (excluding diaryl/α,β-unsaturated/α-hetero) is 2. The molecule has 1 aliphatic carbocycles. The van der Waals surface area contributed by atoms with Gasteiger partial charge in [-0.15, -0.1) is 0 Å². The van der Waals surface area contributed by atoms with Crippen LogP contribution in [0.4, 0.5) is 0 Å². The number of aliphatic hydroxyl groups excluding tert-OH is 1. The Morgan fingerprint density at radius 2 is 1.48 bits per heavy atom. The van der Waals surface area contributed by atoms with Gasteiger partial charge in [-0.2, -0.15) is 0 Å². The zero-order chi connectivity index (χ0) is 53.7. The molecule has 12 nitrogen and oxygen atoms in total. The molecular weight excluding hydrogens is 931 g/mol. The van der Waals surface area contributed by atoms with Crippen LogP contribution in [0.15, 0.2) is 23.3 Å². The number of allylic oxidation sites excluding steroid dienone is 3. The van der Waals surface area contributed by atoms with Crippen LogP contribution in [-0.2, 0) is 42.6 Å². The first-order valence-corrected chi connectivity index (χ1v) is 32.9. The van der Waals surface area contributed by atoms with E-state index < -0.39 is 88.2 Å². The van der Waals surface area contributed by atoms with Gasteiger partial charge in [0, 0.05) is 44.9 Å². The average Bonchev–Trinajstić information content (AvgIpc) is 3.29. The van der Waals surface area contributed by atoms with Gasteiger partial charge < -0.3 is 38.5 Å². The first kappa shape index (κ1) is 61.5. The van der Waals surface area contributed by atoms with Crippen LogP contribution in [0.3, 0.4) is 0 Å². The Balaban J connectivity index is 1.96. The standard InChI is InChI=1S/C57H101NO11Si2/c1-20-43-28-37(8)27-38(9)29-48(65-16)52-49(66-17)31-40(11)57(64,68-52)53(61)54(62)58-26-22-21-23-44(58)55(63)67-51(39(10)30-42-24-25-45(59)50(32-42)70(18,19)56(13,14)15)41(12)47(33-46(43)60)69-71(34(2)3,35(4)5)36(6)7/h28,30,34-36,38,40-45,47-52,59,64H,20-27,29,31-33H2,1-19H3. The summed E-state index contributed by atoms with van der Waals surface area (Å²) in [6.45, 7) is 37.2. The smallest absolute Gasteiger partial charge is 0.329 e. The maximum atomic E-state index is 15.2. The Morgan fingerprint density at radius 1 is 0.887 bits per heavy atom. The third-order valence-corrected chi connectivity index (χ3v) is 31.0. The van der Waals surface area contributed by atoms with Gasteiger partial charge >= 0.3 is 5.97 Å². The molecule has 1 amide bonds. The molecule has 408 valence electrons. The van der Waals surface area contributed by atoms with Crippen molar-refractivity contribution >= 4 is 39.8 Å². The fraction of sp³-hybridized carbons (Fsp3) is 0.860. The summed E-state index contributed by atoms with van der Waals surface area (Å²) in [5.74, 6) is -6.67. The number of hydrogen-bond donors (Lipinski definition) is 2. The van der Waals surface area contributed by atoms with Gasteiger partial charge in [0.15, 0.2) is 0 Å². The SMILES string of the molecule is CCC1C=C(C)CC(C)CC(OC)C2OC(O)(C(=O)C(=O)N3CCCCC3C(=O)OC(C(C)=CC3CCC(O)C([Si](C)(C)C(C)(C)C)C3)C(C)C(O[Si](C(C)C)(C(C)C)C(C)C)CC1=O)C(C)CC2OC. The van der Waals surface area contributed by atoms with Crippen molar-refractivity contribution < 1.29 is 52.8 Å². The molecule has 3 aliphatic heterocycles. The van der Waals surface area contributed by atoms with Crippen LogP contribution < -0.4 is 0 Å². The number of hydrogen-bond acceptors (Lipinski definition) is 11. The van der Waals surface area contributed by atoms with E-state index in [0.717, 1.165) is 24.0 Å².